The maximum Gasteiger partial charge on any atom is 0.243 e. The number of guanidine groups is 1. The van der Waals surface area contributed by atoms with Crippen molar-refractivity contribution in [3.05, 3.63) is 48.0 Å². The highest BCUT2D eigenvalue weighted by molar-refractivity contribution is 5.86. The van der Waals surface area contributed by atoms with Crippen LogP contribution in [-0.2, 0) is 9.53 Å². The van der Waals surface area contributed by atoms with Crippen molar-refractivity contribution in [2.45, 2.75) is 31.9 Å². The fraction of sp³-hybridized carbons (Fsp3) is 0.455. The normalized spacial score (nSPS) is 18.1. The maximum atomic E-state index is 11.9. The fourth-order valence-corrected chi connectivity index (χ4v) is 3.22. The Morgan fingerprint density at radius 1 is 1.25 bits per heavy atom. The van der Waals surface area contributed by atoms with Gasteiger partial charge in [0.25, 0.3) is 0 Å². The van der Waals surface area contributed by atoms with Crippen LogP contribution in [0.1, 0.15) is 31.4 Å². The van der Waals surface area contributed by atoms with Gasteiger partial charge in [0, 0.05) is 27.2 Å². The first-order valence-electron chi connectivity index (χ1n) is 9.88. The van der Waals surface area contributed by atoms with Gasteiger partial charge in [-0.05, 0) is 42.2 Å². The molecule has 2 unspecified atom stereocenters. The lowest BCUT2D eigenvalue weighted by atomic mass is 10.0. The van der Waals surface area contributed by atoms with E-state index in [4.69, 9.17) is 4.74 Å². The second kappa shape index (κ2) is 9.55. The molecule has 0 spiro atoms. The number of fused-ring (bicyclic) bond motifs is 1. The van der Waals surface area contributed by atoms with E-state index in [1.165, 1.54) is 16.3 Å². The molecule has 0 bridgehead atoms. The number of nitrogens with one attached hydrogen (secondary N) is 2. The van der Waals surface area contributed by atoms with Gasteiger partial charge in [-0.2, -0.15) is 0 Å². The lowest BCUT2D eigenvalue weighted by Gasteiger charge is -2.21. The molecule has 1 heterocycles. The molecule has 3 rings (SSSR count). The highest BCUT2D eigenvalue weighted by Gasteiger charge is 2.17. The van der Waals surface area contributed by atoms with Crippen LogP contribution in [-0.4, -0.2) is 56.7 Å². The molecule has 2 N–H and O–H groups in total. The van der Waals surface area contributed by atoms with Crippen molar-refractivity contribution in [1.29, 1.82) is 0 Å². The maximum absolute atomic E-state index is 11.9. The summed E-state index contributed by atoms with van der Waals surface area (Å²) >= 11 is 0. The number of nitrogens with zero attached hydrogens (tertiary/aromatic N) is 2. The minimum atomic E-state index is -0.0309. The van der Waals surface area contributed by atoms with Gasteiger partial charge in [-0.3, -0.25) is 4.79 Å². The third kappa shape index (κ3) is 5.45. The Morgan fingerprint density at radius 2 is 2.04 bits per heavy atom. The first kappa shape index (κ1) is 20.1. The molecule has 28 heavy (non-hydrogen) atoms. The molecule has 1 aliphatic rings. The summed E-state index contributed by atoms with van der Waals surface area (Å²) < 4.78 is 5.68. The largest absolute Gasteiger partial charge is 0.376 e. The molecule has 0 saturated carbocycles. The predicted molar refractivity (Wildman–Crippen MR) is 113 cm³/mol. The van der Waals surface area contributed by atoms with Crippen molar-refractivity contribution >= 4 is 22.6 Å². The van der Waals surface area contributed by atoms with Gasteiger partial charge in [0.1, 0.15) is 6.54 Å². The fourth-order valence-electron chi connectivity index (χ4n) is 3.22. The predicted octanol–water partition coefficient (Wildman–Crippen LogP) is 2.70. The van der Waals surface area contributed by atoms with Crippen molar-refractivity contribution in [3.63, 3.8) is 0 Å². The lowest BCUT2D eigenvalue weighted by Crippen LogP contribution is -2.42. The Kier molecular flexibility index (Phi) is 6.87. The molecular formula is C22H30N4O2. The van der Waals surface area contributed by atoms with Crippen LogP contribution in [0.25, 0.3) is 10.8 Å². The van der Waals surface area contributed by atoms with E-state index >= 15 is 0 Å². The van der Waals surface area contributed by atoms with Crippen LogP contribution in [0.15, 0.2) is 47.5 Å². The zero-order chi connectivity index (χ0) is 19.9. The Labute approximate surface area is 167 Å². The average molecular weight is 383 g/mol. The van der Waals surface area contributed by atoms with Crippen LogP contribution in [0.5, 0.6) is 0 Å². The molecule has 0 radical (unpaired) electrons. The molecule has 0 aromatic heterocycles. The third-order valence-electron chi connectivity index (χ3n) is 5.02. The summed E-state index contributed by atoms with van der Waals surface area (Å²) in [4.78, 5) is 18.0. The molecule has 2 atom stereocenters. The average Bonchev–Trinajstić information content (AvgIpc) is 3.22. The van der Waals surface area contributed by atoms with Gasteiger partial charge in [0.15, 0.2) is 5.96 Å². The lowest BCUT2D eigenvalue weighted by molar-refractivity contribution is -0.127. The van der Waals surface area contributed by atoms with Gasteiger partial charge >= 0.3 is 0 Å². The summed E-state index contributed by atoms with van der Waals surface area (Å²) in [6.07, 6.45) is 2.35. The molecule has 0 aliphatic carbocycles. The van der Waals surface area contributed by atoms with Crippen LogP contribution in [0.3, 0.4) is 0 Å². The Hall–Kier alpha value is -2.60. The van der Waals surface area contributed by atoms with Crippen LogP contribution in [0.4, 0.5) is 0 Å². The highest BCUT2D eigenvalue weighted by atomic mass is 16.5. The Morgan fingerprint density at radius 3 is 2.75 bits per heavy atom. The van der Waals surface area contributed by atoms with Crippen LogP contribution in [0, 0.1) is 0 Å². The molecule has 1 aliphatic heterocycles. The van der Waals surface area contributed by atoms with E-state index in [9.17, 15) is 4.79 Å². The minimum absolute atomic E-state index is 0.0309. The van der Waals surface area contributed by atoms with E-state index in [2.05, 4.69) is 52.9 Å². The summed E-state index contributed by atoms with van der Waals surface area (Å²) in [6.45, 7) is 3.71. The van der Waals surface area contributed by atoms with Crippen molar-refractivity contribution in [2.75, 3.05) is 33.8 Å². The number of hydrogen-bond donors (Lipinski definition) is 2. The van der Waals surface area contributed by atoms with E-state index in [1.54, 1.807) is 19.0 Å². The molecule has 2 aromatic rings. The molecule has 1 amide bonds. The number of rotatable bonds is 6. The summed E-state index contributed by atoms with van der Waals surface area (Å²) in [5.74, 6) is 0.600. The van der Waals surface area contributed by atoms with Crippen LogP contribution in [0.2, 0.25) is 0 Å². The number of benzene rings is 2. The Bertz CT molecular complexity index is 828. The standard InChI is InChI=1S/C22H30N4O2/c1-16(18-11-10-17-7-4-5-8-19(17)13-18)25-22(24-15-21(27)26(2)3)23-14-20-9-6-12-28-20/h4-5,7-8,10-11,13,16,20H,6,9,12,14-15H2,1-3H3,(H2,23,24,25). The van der Waals surface area contributed by atoms with E-state index in [1.807, 2.05) is 12.1 Å². The van der Waals surface area contributed by atoms with Gasteiger partial charge in [0.05, 0.1) is 12.1 Å². The third-order valence-corrected chi connectivity index (χ3v) is 5.02. The number of carbonyl (C=O) groups excluding carboxylic acids is 1. The molecule has 6 heteroatoms. The first-order valence-corrected chi connectivity index (χ1v) is 9.88. The number of ether oxygens (including phenoxy) is 1. The van der Waals surface area contributed by atoms with Gasteiger partial charge < -0.3 is 20.3 Å². The van der Waals surface area contributed by atoms with Crippen molar-refractivity contribution in [1.82, 2.24) is 15.5 Å². The zero-order valence-electron chi connectivity index (χ0n) is 16.9. The summed E-state index contributed by atoms with van der Waals surface area (Å²) in [7, 11) is 3.48. The second-order valence-electron chi connectivity index (χ2n) is 7.44. The molecular weight excluding hydrogens is 352 g/mol. The number of amides is 1. The number of hydrogen-bond acceptors (Lipinski definition) is 3. The van der Waals surface area contributed by atoms with Gasteiger partial charge in [-0.1, -0.05) is 36.4 Å². The molecule has 1 fully saturated rings. The SMILES string of the molecule is CC(NC(=NCC(=O)N(C)C)NCC1CCCO1)c1ccc2ccccc2c1. The smallest absolute Gasteiger partial charge is 0.243 e. The van der Waals surface area contributed by atoms with Crippen LogP contribution < -0.4 is 10.6 Å². The molecule has 150 valence electrons. The zero-order valence-corrected chi connectivity index (χ0v) is 16.9. The quantitative estimate of drug-likeness (QED) is 0.596. The Balaban J connectivity index is 1.69. The molecule has 1 saturated heterocycles. The number of aliphatic imine (C=N–C) groups is 1. The van der Waals surface area contributed by atoms with Crippen LogP contribution >= 0.6 is 0 Å². The summed E-state index contributed by atoms with van der Waals surface area (Å²) in [6, 6.07) is 14.8. The first-order chi connectivity index (χ1) is 13.5. The van der Waals surface area contributed by atoms with Crippen molar-refractivity contribution < 1.29 is 9.53 Å². The molecule has 6 nitrogen and oxygen atoms in total. The monoisotopic (exact) mass is 382 g/mol. The van der Waals surface area contributed by atoms with Gasteiger partial charge in [0.2, 0.25) is 5.91 Å². The summed E-state index contributed by atoms with van der Waals surface area (Å²) in [5.41, 5.74) is 1.17. The van der Waals surface area contributed by atoms with E-state index < -0.39 is 0 Å². The van der Waals surface area contributed by atoms with E-state index in [-0.39, 0.29) is 24.6 Å². The summed E-state index contributed by atoms with van der Waals surface area (Å²) in [5, 5.41) is 9.20. The van der Waals surface area contributed by atoms with Gasteiger partial charge in [-0.15, -0.1) is 0 Å². The minimum Gasteiger partial charge on any atom is -0.376 e. The van der Waals surface area contributed by atoms with E-state index in [0.717, 1.165) is 19.4 Å². The van der Waals surface area contributed by atoms with Gasteiger partial charge in [-0.25, -0.2) is 4.99 Å². The highest BCUT2D eigenvalue weighted by Crippen LogP contribution is 2.20. The topological polar surface area (TPSA) is 66.0 Å². The van der Waals surface area contributed by atoms with Crippen molar-refractivity contribution in [3.8, 4) is 0 Å². The number of carbonyl (C=O) groups is 1. The molecule has 2 aromatic carbocycles. The second-order valence-corrected chi connectivity index (χ2v) is 7.44. The van der Waals surface area contributed by atoms with Crippen molar-refractivity contribution in [2.24, 2.45) is 4.99 Å². The number of likely N-dealkylation sites (N-methyl/N-ethyl adjacent to an activating group) is 1. The van der Waals surface area contributed by atoms with E-state index in [0.29, 0.717) is 12.5 Å².